The van der Waals surface area contributed by atoms with Gasteiger partial charge in [0, 0.05) is 38.2 Å². The number of aliphatic hydroxyl groups excluding tert-OH is 1. The van der Waals surface area contributed by atoms with Crippen LogP contribution in [0.3, 0.4) is 0 Å². The Morgan fingerprint density at radius 1 is 1.11 bits per heavy atom. The lowest BCUT2D eigenvalue weighted by molar-refractivity contribution is -0.142. The first kappa shape index (κ1) is 25.6. The zero-order chi connectivity index (χ0) is 30.5. The molecule has 4 heterocycles. The Hall–Kier alpha value is -0.350. The summed E-state index contributed by atoms with van der Waals surface area (Å²) in [6.45, 7) is 8.81. The molecule has 0 saturated carbocycles. The molecule has 14 heteroatoms. The number of ether oxygens (including phenoxy) is 6. The van der Waals surface area contributed by atoms with E-state index in [1.807, 2.05) is 0 Å². The van der Waals surface area contributed by atoms with Crippen LogP contribution in [0.4, 0.5) is 0 Å². The third kappa shape index (κ3) is 6.53. The van der Waals surface area contributed by atoms with E-state index < -0.39 is 70.3 Å². The zero-order valence-corrected chi connectivity index (χ0v) is 22.6. The van der Waals surface area contributed by atoms with Gasteiger partial charge in [-0.25, -0.2) is 4.67 Å². The zero-order valence-electron chi connectivity index (χ0n) is 25.7. The topological polar surface area (TPSA) is 121 Å². The first-order chi connectivity index (χ1) is 19.3. The number of fused-ring (bicyclic) bond motifs is 4. The van der Waals surface area contributed by atoms with E-state index in [4.69, 9.17) is 63.9 Å². The standard InChI is InChI=1S/C16H28BN2O5P.C7H11BO4/c1-11(2)19(12(3)4)25(22-8-6-7-18)24-14-13-15(17)23-16(14,9-20-5)10-21-13;1-10-2-7-3-11-4(5(7)9)6(8)12-7/h11-15H,6,8-10H2,1-5H3;4-6,9H,2-3H2,1H3/t13?,14-,15-,16+,25?;4?,5-,6-,7+/m11/s1/i5TD;1TD/t5?,13?,14-,15-,16+,25?;1?,4?,5-,6-,7+. The van der Waals surface area contributed by atoms with Crippen molar-refractivity contribution in [3.05, 3.63) is 0 Å². The molecular formula is C23H39B2N2O9P. The molecule has 4 rings (SSSR count). The van der Waals surface area contributed by atoms with Crippen molar-refractivity contribution in [2.45, 2.75) is 93.8 Å². The summed E-state index contributed by atoms with van der Waals surface area (Å²) in [5.41, 5.74) is -1.95. The van der Waals surface area contributed by atoms with Crippen LogP contribution in [-0.4, -0.2) is 132 Å². The summed E-state index contributed by atoms with van der Waals surface area (Å²) >= 11 is 0. The molecule has 4 radical (unpaired) electrons. The summed E-state index contributed by atoms with van der Waals surface area (Å²) in [4.78, 5) is 0. The van der Waals surface area contributed by atoms with Crippen LogP contribution < -0.4 is 0 Å². The van der Waals surface area contributed by atoms with Gasteiger partial charge in [-0.1, -0.05) is 0 Å². The van der Waals surface area contributed by atoms with E-state index in [1.54, 1.807) is 0 Å². The number of methoxy groups -OCH3 is 2. The van der Waals surface area contributed by atoms with Crippen LogP contribution in [0.1, 0.15) is 39.6 Å². The van der Waals surface area contributed by atoms with Gasteiger partial charge >= 0.3 is 0 Å². The Bertz CT molecular complexity index is 877. The van der Waals surface area contributed by atoms with E-state index in [0.717, 1.165) is 0 Å². The summed E-state index contributed by atoms with van der Waals surface area (Å²) in [6.07, 6.45) is -2.11. The highest BCUT2D eigenvalue weighted by atomic mass is 31.2. The Morgan fingerprint density at radius 3 is 2.19 bits per heavy atom. The lowest BCUT2D eigenvalue weighted by atomic mass is 9.92. The molecule has 11 atom stereocenters. The largest absolute Gasteiger partial charge is 0.387 e. The van der Waals surface area contributed by atoms with Gasteiger partial charge in [0.15, 0.2) is 0 Å². The molecule has 1 N–H and O–H groups in total. The Balaban J connectivity index is 0.000000275. The Labute approximate surface area is 229 Å². The van der Waals surface area contributed by atoms with Crippen molar-refractivity contribution in [1.29, 1.82) is 5.26 Å². The number of rotatable bonds is 12. The molecular weight excluding hydrogens is 501 g/mol. The fourth-order valence-electron chi connectivity index (χ4n) is 4.99. The molecule has 4 saturated heterocycles. The van der Waals surface area contributed by atoms with E-state index in [2.05, 4.69) is 38.4 Å². The van der Waals surface area contributed by atoms with Crippen LogP contribution >= 0.6 is 8.53 Å². The fourth-order valence-corrected chi connectivity index (χ4v) is 6.80. The molecule has 206 valence electrons. The van der Waals surface area contributed by atoms with Crippen molar-refractivity contribution in [2.75, 3.05) is 47.2 Å². The van der Waals surface area contributed by atoms with Crippen molar-refractivity contribution in [3.8, 4) is 6.07 Å². The molecule has 0 aliphatic carbocycles. The average molecular weight is 546 g/mol. The average Bonchev–Trinajstić information content (AvgIpc) is 3.54. The molecule has 4 bridgehead atoms. The normalized spacial score (nSPS) is 42.0. The van der Waals surface area contributed by atoms with Gasteiger partial charge in [0.05, 0.1) is 51.0 Å². The summed E-state index contributed by atoms with van der Waals surface area (Å²) in [5, 5.41) is 18.6. The molecule has 4 fully saturated rings. The minimum absolute atomic E-state index is 0.0236. The van der Waals surface area contributed by atoms with Crippen molar-refractivity contribution >= 4 is 24.2 Å². The van der Waals surface area contributed by atoms with Crippen LogP contribution in [0.25, 0.3) is 0 Å². The number of hydrogen-bond acceptors (Lipinski definition) is 11. The third-order valence-corrected chi connectivity index (χ3v) is 8.73. The lowest BCUT2D eigenvalue weighted by Gasteiger charge is -2.38. The lowest BCUT2D eigenvalue weighted by Crippen LogP contribution is -2.46. The quantitative estimate of drug-likeness (QED) is 0.211. The number of nitrogens with zero attached hydrogens (tertiary/aromatic N) is 2. The third-order valence-electron chi connectivity index (χ3n) is 6.62. The van der Waals surface area contributed by atoms with Gasteiger partial charge in [0.1, 0.15) is 51.3 Å². The highest BCUT2D eigenvalue weighted by Gasteiger charge is 2.62. The molecule has 4 aliphatic rings. The maximum Gasteiger partial charge on any atom is 0.259 e. The monoisotopic (exact) mass is 546 g/mol. The number of aliphatic hydroxyl groups is 1. The Kier molecular flexibility index (Phi) is 9.23. The van der Waals surface area contributed by atoms with Crippen LogP contribution in [0.2, 0.25) is 0 Å². The minimum Gasteiger partial charge on any atom is -0.387 e. The molecule has 0 aromatic carbocycles. The van der Waals surface area contributed by atoms with Crippen molar-refractivity contribution in [1.82, 2.24) is 4.67 Å². The van der Waals surface area contributed by atoms with E-state index in [0.29, 0.717) is 0 Å². The fraction of sp³-hybridized carbons (Fsp3) is 0.957. The van der Waals surface area contributed by atoms with E-state index >= 15 is 0 Å². The second kappa shape index (κ2) is 13.3. The SMILES string of the molecule is [2H]C([3H])OC[C@@]12COC([C@H]([B])O1)[C@H]2O.[2H]C([3H])OC[C@@]12COC([C@H]([B])O1)[C@H]2OP(OCCC#N)N(C(C)C)C(C)C. The van der Waals surface area contributed by atoms with Crippen LogP contribution in [0, 0.1) is 11.3 Å². The van der Waals surface area contributed by atoms with Crippen molar-refractivity contribution in [2.24, 2.45) is 0 Å². The number of hydrogen-bond donors (Lipinski definition) is 1. The molecule has 0 spiro atoms. The van der Waals surface area contributed by atoms with Gasteiger partial charge in [0.25, 0.3) is 8.53 Å². The van der Waals surface area contributed by atoms with E-state index in [1.165, 1.54) is 0 Å². The van der Waals surface area contributed by atoms with Crippen LogP contribution in [0.5, 0.6) is 0 Å². The van der Waals surface area contributed by atoms with Gasteiger partial charge in [-0.05, 0) is 27.7 Å². The first-order valence-corrected chi connectivity index (χ1v) is 13.3. The molecule has 37 heavy (non-hydrogen) atoms. The van der Waals surface area contributed by atoms with Crippen molar-refractivity contribution in [3.63, 3.8) is 0 Å². The maximum absolute atomic E-state index is 9.73. The Morgan fingerprint density at radius 2 is 1.68 bits per heavy atom. The van der Waals surface area contributed by atoms with Gasteiger partial charge in [0.2, 0.25) is 0 Å². The highest BCUT2D eigenvalue weighted by Crippen LogP contribution is 2.53. The van der Waals surface area contributed by atoms with Gasteiger partial charge in [-0.15, -0.1) is 0 Å². The molecule has 4 aliphatic heterocycles. The predicted octanol–water partition coefficient (Wildman–Crippen LogP) is 0.612. The second-order valence-electron chi connectivity index (χ2n) is 9.99. The van der Waals surface area contributed by atoms with E-state index in [-0.39, 0.29) is 51.5 Å². The van der Waals surface area contributed by atoms with Gasteiger partial charge < -0.3 is 42.6 Å². The maximum atomic E-state index is 9.73. The van der Waals surface area contributed by atoms with Crippen LogP contribution in [0.15, 0.2) is 0 Å². The van der Waals surface area contributed by atoms with Crippen molar-refractivity contribution < 1.29 is 48.1 Å². The summed E-state index contributed by atoms with van der Waals surface area (Å²) in [7, 11) is 7.25. The summed E-state index contributed by atoms with van der Waals surface area (Å²) in [5.74, 6) is 0. The predicted molar refractivity (Wildman–Crippen MR) is 136 cm³/mol. The smallest absolute Gasteiger partial charge is 0.259 e. The van der Waals surface area contributed by atoms with Gasteiger partial charge in [-0.2, -0.15) is 5.26 Å². The molecule has 11 nitrogen and oxygen atoms in total. The molecule has 0 amide bonds. The second-order valence-corrected chi connectivity index (χ2v) is 11.4. The first-order valence-electron chi connectivity index (χ1n) is 14.5. The van der Waals surface area contributed by atoms with Crippen LogP contribution in [-0.2, 0) is 37.5 Å². The minimum atomic E-state index is -1.50. The summed E-state index contributed by atoms with van der Waals surface area (Å²) in [6, 6.07) is 1.06. The summed E-state index contributed by atoms with van der Waals surface area (Å²) < 4.78 is 74.8. The van der Waals surface area contributed by atoms with Gasteiger partial charge in [-0.3, -0.25) is 0 Å². The molecule has 5 unspecified atom stereocenters. The molecule has 0 aromatic heterocycles. The van der Waals surface area contributed by atoms with E-state index in [9.17, 15) is 5.11 Å². The highest BCUT2D eigenvalue weighted by molar-refractivity contribution is 7.44. The number of nitriles is 1. The molecule has 0 aromatic rings.